The molecule has 27 heavy (non-hydrogen) atoms. The Morgan fingerprint density at radius 3 is 2.48 bits per heavy atom. The zero-order chi connectivity index (χ0) is 18.8. The highest BCUT2D eigenvalue weighted by atomic mass is 16.7. The van der Waals surface area contributed by atoms with E-state index >= 15 is 0 Å². The SMILES string of the molecule is COc1cc(OCc2ccccc2)c(C2OCCO2)c2c1CC(C(=O)O)C2. The number of rotatable bonds is 6. The number of hydrogen-bond donors (Lipinski definition) is 1. The number of benzene rings is 2. The molecule has 6 nitrogen and oxygen atoms in total. The lowest BCUT2D eigenvalue weighted by atomic mass is 10.00. The molecular formula is C21H22O6. The van der Waals surface area contributed by atoms with Crippen LogP contribution in [0.2, 0.25) is 0 Å². The Hall–Kier alpha value is -2.57. The van der Waals surface area contributed by atoms with Crippen LogP contribution in [0, 0.1) is 5.92 Å². The van der Waals surface area contributed by atoms with Gasteiger partial charge in [0.2, 0.25) is 0 Å². The van der Waals surface area contributed by atoms with Crippen LogP contribution in [0.15, 0.2) is 36.4 Å². The summed E-state index contributed by atoms with van der Waals surface area (Å²) in [7, 11) is 1.59. The maximum atomic E-state index is 11.6. The van der Waals surface area contributed by atoms with Crippen LogP contribution >= 0.6 is 0 Å². The highest BCUT2D eigenvalue weighted by Gasteiger charge is 2.37. The van der Waals surface area contributed by atoms with Crippen molar-refractivity contribution in [1.82, 2.24) is 0 Å². The van der Waals surface area contributed by atoms with E-state index in [0.29, 0.717) is 44.2 Å². The highest BCUT2D eigenvalue weighted by molar-refractivity contribution is 5.74. The van der Waals surface area contributed by atoms with Gasteiger partial charge in [-0.3, -0.25) is 4.79 Å². The number of aliphatic carboxylic acids is 1. The van der Waals surface area contributed by atoms with Crippen LogP contribution in [0.3, 0.4) is 0 Å². The van der Waals surface area contributed by atoms with E-state index in [-0.39, 0.29) is 0 Å². The van der Waals surface area contributed by atoms with Gasteiger partial charge in [-0.15, -0.1) is 0 Å². The molecule has 0 spiro atoms. The average Bonchev–Trinajstić information content (AvgIpc) is 3.36. The minimum Gasteiger partial charge on any atom is -0.496 e. The molecule has 1 atom stereocenters. The average molecular weight is 370 g/mol. The molecule has 1 unspecified atom stereocenters. The second kappa shape index (κ2) is 7.58. The van der Waals surface area contributed by atoms with Crippen LogP contribution in [-0.2, 0) is 33.7 Å². The number of hydrogen-bond acceptors (Lipinski definition) is 5. The van der Waals surface area contributed by atoms with Gasteiger partial charge in [-0.25, -0.2) is 0 Å². The lowest BCUT2D eigenvalue weighted by Crippen LogP contribution is -2.13. The first-order chi connectivity index (χ1) is 13.2. The highest BCUT2D eigenvalue weighted by Crippen LogP contribution is 2.45. The number of carbonyl (C=O) groups is 1. The van der Waals surface area contributed by atoms with E-state index in [1.54, 1.807) is 7.11 Å². The second-order valence-electron chi connectivity index (χ2n) is 6.74. The van der Waals surface area contributed by atoms with Gasteiger partial charge in [-0.05, 0) is 29.5 Å². The van der Waals surface area contributed by atoms with Gasteiger partial charge in [-0.1, -0.05) is 30.3 Å². The number of carboxylic acid groups (broad SMARTS) is 1. The third-order valence-electron chi connectivity index (χ3n) is 5.08. The van der Waals surface area contributed by atoms with Crippen molar-refractivity contribution < 1.29 is 28.8 Å². The second-order valence-corrected chi connectivity index (χ2v) is 6.74. The first kappa shape index (κ1) is 17.8. The Labute approximate surface area is 157 Å². The predicted molar refractivity (Wildman–Crippen MR) is 96.9 cm³/mol. The van der Waals surface area contributed by atoms with Crippen LogP contribution in [0.25, 0.3) is 0 Å². The molecule has 2 aliphatic rings. The van der Waals surface area contributed by atoms with E-state index in [4.69, 9.17) is 18.9 Å². The van der Waals surface area contributed by atoms with Crippen molar-refractivity contribution in [2.75, 3.05) is 20.3 Å². The predicted octanol–water partition coefficient (Wildman–Crippen LogP) is 3.12. The Morgan fingerprint density at radius 1 is 1.11 bits per heavy atom. The van der Waals surface area contributed by atoms with Crippen molar-refractivity contribution in [3.63, 3.8) is 0 Å². The largest absolute Gasteiger partial charge is 0.496 e. The monoisotopic (exact) mass is 370 g/mol. The molecular weight excluding hydrogens is 348 g/mol. The van der Waals surface area contributed by atoms with E-state index in [9.17, 15) is 9.90 Å². The normalized spacial score (nSPS) is 19.1. The summed E-state index contributed by atoms with van der Waals surface area (Å²) in [5, 5.41) is 9.49. The summed E-state index contributed by atoms with van der Waals surface area (Å²) in [6.45, 7) is 1.41. The van der Waals surface area contributed by atoms with Gasteiger partial charge in [0.15, 0.2) is 6.29 Å². The summed E-state index contributed by atoms with van der Waals surface area (Å²) in [5.41, 5.74) is 3.66. The molecule has 1 fully saturated rings. The Kier molecular flexibility index (Phi) is 5.01. The summed E-state index contributed by atoms with van der Waals surface area (Å²) in [4.78, 5) is 11.6. The van der Waals surface area contributed by atoms with Crippen molar-refractivity contribution in [3.8, 4) is 11.5 Å². The fraction of sp³-hybridized carbons (Fsp3) is 0.381. The Bertz CT molecular complexity index is 826. The van der Waals surface area contributed by atoms with Crippen LogP contribution in [0.1, 0.15) is 28.5 Å². The maximum absolute atomic E-state index is 11.6. The molecule has 1 saturated heterocycles. The molecule has 1 N–H and O–H groups in total. The van der Waals surface area contributed by atoms with Crippen molar-refractivity contribution >= 4 is 5.97 Å². The number of methoxy groups -OCH3 is 1. The number of ether oxygens (including phenoxy) is 4. The molecule has 1 aliphatic heterocycles. The molecule has 0 bridgehead atoms. The topological polar surface area (TPSA) is 74.2 Å². The van der Waals surface area contributed by atoms with Gasteiger partial charge in [0, 0.05) is 6.07 Å². The van der Waals surface area contributed by atoms with Gasteiger partial charge in [0.25, 0.3) is 0 Å². The van der Waals surface area contributed by atoms with Crippen LogP contribution < -0.4 is 9.47 Å². The lowest BCUT2D eigenvalue weighted by Gasteiger charge is -2.21. The van der Waals surface area contributed by atoms with Gasteiger partial charge in [0.05, 0.1) is 31.8 Å². The van der Waals surface area contributed by atoms with E-state index in [0.717, 1.165) is 22.3 Å². The molecule has 0 radical (unpaired) electrons. The summed E-state index contributed by atoms with van der Waals surface area (Å²) < 4.78 is 23.1. The van der Waals surface area contributed by atoms with Gasteiger partial charge >= 0.3 is 5.97 Å². The van der Waals surface area contributed by atoms with Crippen LogP contribution in [-0.4, -0.2) is 31.4 Å². The van der Waals surface area contributed by atoms with E-state index in [1.807, 2.05) is 36.4 Å². The van der Waals surface area contributed by atoms with Gasteiger partial charge < -0.3 is 24.1 Å². The number of carboxylic acids is 1. The summed E-state index contributed by atoms with van der Waals surface area (Å²) in [6, 6.07) is 11.7. The standard InChI is InChI=1S/C21H22O6/c1-24-17-11-18(27-12-13-5-3-2-4-6-13)19(21-25-7-8-26-21)16-10-14(20(22)23)9-15(16)17/h2-6,11,14,21H,7-10,12H2,1H3,(H,22,23). The lowest BCUT2D eigenvalue weighted by molar-refractivity contribution is -0.141. The zero-order valence-corrected chi connectivity index (χ0v) is 15.1. The zero-order valence-electron chi connectivity index (χ0n) is 15.1. The molecule has 0 aromatic heterocycles. The third kappa shape index (κ3) is 3.50. The molecule has 0 saturated carbocycles. The smallest absolute Gasteiger partial charge is 0.307 e. The van der Waals surface area contributed by atoms with E-state index in [2.05, 4.69) is 0 Å². The van der Waals surface area contributed by atoms with Crippen LogP contribution in [0.4, 0.5) is 0 Å². The van der Waals surface area contributed by atoms with E-state index in [1.165, 1.54) is 0 Å². The van der Waals surface area contributed by atoms with Crippen LogP contribution in [0.5, 0.6) is 11.5 Å². The Morgan fingerprint density at radius 2 is 1.81 bits per heavy atom. The first-order valence-corrected chi connectivity index (χ1v) is 9.02. The van der Waals surface area contributed by atoms with Gasteiger partial charge in [0.1, 0.15) is 18.1 Å². The van der Waals surface area contributed by atoms with Gasteiger partial charge in [-0.2, -0.15) is 0 Å². The minimum atomic E-state index is -0.806. The Balaban J connectivity index is 1.73. The molecule has 1 heterocycles. The van der Waals surface area contributed by atoms with Crippen molar-refractivity contribution in [2.24, 2.45) is 5.92 Å². The molecule has 2 aromatic carbocycles. The fourth-order valence-corrected chi connectivity index (χ4v) is 3.76. The molecule has 6 heteroatoms. The molecule has 0 amide bonds. The number of fused-ring (bicyclic) bond motifs is 1. The fourth-order valence-electron chi connectivity index (χ4n) is 3.76. The van der Waals surface area contributed by atoms with Crippen molar-refractivity contribution in [2.45, 2.75) is 25.7 Å². The molecule has 1 aliphatic carbocycles. The quantitative estimate of drug-likeness (QED) is 0.842. The summed E-state index contributed by atoms with van der Waals surface area (Å²) >= 11 is 0. The van der Waals surface area contributed by atoms with Crippen molar-refractivity contribution in [3.05, 3.63) is 58.7 Å². The molecule has 2 aromatic rings. The molecule has 142 valence electrons. The van der Waals surface area contributed by atoms with Crippen molar-refractivity contribution in [1.29, 1.82) is 0 Å². The summed E-state index contributed by atoms with van der Waals surface area (Å²) in [6.07, 6.45) is 0.317. The minimum absolute atomic E-state index is 0.394. The van der Waals surface area contributed by atoms with E-state index < -0.39 is 18.2 Å². The maximum Gasteiger partial charge on any atom is 0.307 e. The molecule has 4 rings (SSSR count). The third-order valence-corrected chi connectivity index (χ3v) is 5.08. The summed E-state index contributed by atoms with van der Waals surface area (Å²) in [5.74, 6) is -0.0106. The first-order valence-electron chi connectivity index (χ1n) is 9.02.